The van der Waals surface area contributed by atoms with Crippen molar-refractivity contribution in [1.82, 2.24) is 0 Å². The minimum absolute atomic E-state index is 0.0337. The Bertz CT molecular complexity index is 1490. The molecule has 0 aliphatic carbocycles. The summed E-state index contributed by atoms with van der Waals surface area (Å²) in [5, 5.41) is 0.164. The molecule has 0 aliphatic rings. The predicted octanol–water partition coefficient (Wildman–Crippen LogP) is 6.48. The summed E-state index contributed by atoms with van der Waals surface area (Å²) in [4.78, 5) is 0. The van der Waals surface area contributed by atoms with Gasteiger partial charge in [-0.2, -0.15) is 0 Å². The number of hydrogen-bond donors (Lipinski definition) is 0. The molecule has 0 aromatic heterocycles. The van der Waals surface area contributed by atoms with E-state index in [-0.39, 0.29) is 22.9 Å². The van der Waals surface area contributed by atoms with Crippen LogP contribution >= 0.6 is 0 Å². The minimum Gasteiger partial charge on any atom is -0.380 e. The summed E-state index contributed by atoms with van der Waals surface area (Å²) in [6.45, 7) is 0.0928. The van der Waals surface area contributed by atoms with Crippen molar-refractivity contribution < 1.29 is 26.7 Å². The third-order valence-corrected chi connectivity index (χ3v) is 4.95. The smallest absolute Gasteiger partial charge is 0.195 e. The molecular formula is C28H15F5O. The summed E-state index contributed by atoms with van der Waals surface area (Å²) >= 11 is 0. The highest BCUT2D eigenvalue weighted by Gasteiger charge is 2.13. The first kappa shape index (κ1) is 23.0. The lowest BCUT2D eigenvalue weighted by Gasteiger charge is -2.03. The average Bonchev–Trinajstić information content (AvgIpc) is 2.81. The van der Waals surface area contributed by atoms with Crippen LogP contribution in [0.5, 0.6) is 0 Å². The van der Waals surface area contributed by atoms with E-state index in [1.165, 1.54) is 37.4 Å². The molecule has 4 rings (SSSR count). The molecule has 0 saturated carbocycles. The Hall–Kier alpha value is -4.13. The molecule has 0 amide bonds. The van der Waals surface area contributed by atoms with Crippen molar-refractivity contribution in [2.75, 3.05) is 7.11 Å². The lowest BCUT2D eigenvalue weighted by molar-refractivity contribution is 0.184. The summed E-state index contributed by atoms with van der Waals surface area (Å²) < 4.78 is 73.9. The maximum Gasteiger partial charge on any atom is 0.195 e. The standard InChI is InChI=1S/C28H15F5O/c1-34-16-20-13-24(29)23(25(30)14-20)11-8-18-4-2-17(3-5-18)6-7-19-9-10-22-21(12-19)15-26(31)28(33)27(22)32/h2-5,9-10,12-15H,16H2,1H3. The van der Waals surface area contributed by atoms with Gasteiger partial charge in [0.15, 0.2) is 17.5 Å². The molecule has 0 fully saturated rings. The number of methoxy groups -OCH3 is 1. The van der Waals surface area contributed by atoms with Gasteiger partial charge in [-0.3, -0.25) is 0 Å². The average molecular weight is 462 g/mol. The number of ether oxygens (including phenoxy) is 1. The van der Waals surface area contributed by atoms with Gasteiger partial charge in [0.2, 0.25) is 0 Å². The molecule has 4 aromatic rings. The van der Waals surface area contributed by atoms with Crippen LogP contribution in [0.1, 0.15) is 27.8 Å². The molecule has 6 heteroatoms. The number of halogens is 5. The summed E-state index contributed by atoms with van der Waals surface area (Å²) in [5.41, 5.74) is 1.70. The Morgan fingerprint density at radius 3 is 1.79 bits per heavy atom. The van der Waals surface area contributed by atoms with Gasteiger partial charge in [0, 0.05) is 29.2 Å². The van der Waals surface area contributed by atoms with Crippen LogP contribution in [-0.2, 0) is 11.3 Å². The molecule has 4 aromatic carbocycles. The van der Waals surface area contributed by atoms with E-state index >= 15 is 0 Å². The number of rotatable bonds is 2. The summed E-state index contributed by atoms with van der Waals surface area (Å²) in [6, 6.07) is 14.3. The van der Waals surface area contributed by atoms with Crippen LogP contribution in [0.3, 0.4) is 0 Å². The van der Waals surface area contributed by atoms with E-state index in [1.54, 1.807) is 24.3 Å². The second-order valence-electron chi connectivity index (χ2n) is 7.37. The zero-order chi connectivity index (χ0) is 24.2. The zero-order valence-corrected chi connectivity index (χ0v) is 17.8. The molecule has 0 spiro atoms. The first-order chi connectivity index (χ1) is 16.4. The molecule has 0 atom stereocenters. The van der Waals surface area contributed by atoms with E-state index < -0.39 is 29.1 Å². The SMILES string of the molecule is COCc1cc(F)c(C#Cc2ccc(C#Cc3ccc4c(F)c(F)c(F)cc4c3)cc2)c(F)c1. The first-order valence-electron chi connectivity index (χ1n) is 10.0. The largest absolute Gasteiger partial charge is 0.380 e. The van der Waals surface area contributed by atoms with Crippen molar-refractivity contribution in [2.24, 2.45) is 0 Å². The van der Waals surface area contributed by atoms with Gasteiger partial charge >= 0.3 is 0 Å². The van der Waals surface area contributed by atoms with Crippen LogP contribution in [0.4, 0.5) is 22.0 Å². The molecule has 168 valence electrons. The van der Waals surface area contributed by atoms with E-state index in [0.29, 0.717) is 22.3 Å². The highest BCUT2D eigenvalue weighted by atomic mass is 19.2. The zero-order valence-electron chi connectivity index (χ0n) is 17.8. The third kappa shape index (κ3) is 4.93. The first-order valence-corrected chi connectivity index (χ1v) is 10.0. The lowest BCUT2D eigenvalue weighted by Crippen LogP contribution is -1.96. The maximum atomic E-state index is 14.1. The fourth-order valence-electron chi connectivity index (χ4n) is 3.29. The fourth-order valence-corrected chi connectivity index (χ4v) is 3.29. The Morgan fingerprint density at radius 2 is 1.18 bits per heavy atom. The van der Waals surface area contributed by atoms with Crippen LogP contribution in [0.15, 0.2) is 60.7 Å². The van der Waals surface area contributed by atoms with Gasteiger partial charge in [-0.15, -0.1) is 0 Å². The fraction of sp³-hybridized carbons (Fsp3) is 0.0714. The molecule has 0 N–H and O–H groups in total. The van der Waals surface area contributed by atoms with Gasteiger partial charge in [-0.1, -0.05) is 29.7 Å². The minimum atomic E-state index is -1.51. The predicted molar refractivity (Wildman–Crippen MR) is 119 cm³/mol. The van der Waals surface area contributed by atoms with Crippen LogP contribution < -0.4 is 0 Å². The molecule has 0 saturated heterocycles. The van der Waals surface area contributed by atoms with E-state index in [2.05, 4.69) is 23.7 Å². The van der Waals surface area contributed by atoms with Crippen molar-refractivity contribution in [3.8, 4) is 23.7 Å². The number of benzene rings is 4. The molecule has 0 bridgehead atoms. The van der Waals surface area contributed by atoms with Crippen molar-refractivity contribution in [1.29, 1.82) is 0 Å². The Balaban J connectivity index is 1.54. The monoisotopic (exact) mass is 462 g/mol. The quantitative estimate of drug-likeness (QED) is 0.188. The second-order valence-corrected chi connectivity index (χ2v) is 7.37. The van der Waals surface area contributed by atoms with Crippen molar-refractivity contribution in [3.63, 3.8) is 0 Å². The molecule has 1 nitrogen and oxygen atoms in total. The van der Waals surface area contributed by atoms with Crippen molar-refractivity contribution in [2.45, 2.75) is 6.61 Å². The second kappa shape index (κ2) is 9.79. The van der Waals surface area contributed by atoms with Crippen molar-refractivity contribution in [3.05, 3.63) is 118 Å². The van der Waals surface area contributed by atoms with Gasteiger partial charge in [-0.25, -0.2) is 22.0 Å². The van der Waals surface area contributed by atoms with E-state index in [0.717, 1.165) is 6.07 Å². The molecule has 0 heterocycles. The van der Waals surface area contributed by atoms with E-state index in [4.69, 9.17) is 4.74 Å². The maximum absolute atomic E-state index is 14.1. The lowest BCUT2D eigenvalue weighted by atomic mass is 10.1. The van der Waals surface area contributed by atoms with Crippen LogP contribution in [0, 0.1) is 52.8 Å². The van der Waals surface area contributed by atoms with Crippen molar-refractivity contribution >= 4 is 10.8 Å². The Morgan fingerprint density at radius 1 is 0.618 bits per heavy atom. The van der Waals surface area contributed by atoms with Gasteiger partial charge in [-0.05, 0) is 65.5 Å². The Kier molecular flexibility index (Phi) is 6.63. The summed E-state index contributed by atoms with van der Waals surface area (Å²) in [5.74, 6) is 5.48. The number of fused-ring (bicyclic) bond motifs is 1. The normalized spacial score (nSPS) is 10.4. The molecule has 34 heavy (non-hydrogen) atoms. The Labute approximate surface area is 192 Å². The van der Waals surface area contributed by atoms with Crippen LogP contribution in [0.2, 0.25) is 0 Å². The molecule has 0 aliphatic heterocycles. The molecule has 0 radical (unpaired) electrons. The highest BCUT2D eigenvalue weighted by molar-refractivity contribution is 5.84. The van der Waals surface area contributed by atoms with Gasteiger partial charge in [0.05, 0.1) is 12.2 Å². The van der Waals surface area contributed by atoms with Gasteiger partial charge in [0.25, 0.3) is 0 Å². The highest BCUT2D eigenvalue weighted by Crippen LogP contribution is 2.24. The topological polar surface area (TPSA) is 9.23 Å². The van der Waals surface area contributed by atoms with Crippen LogP contribution in [-0.4, -0.2) is 7.11 Å². The van der Waals surface area contributed by atoms with E-state index in [1.807, 2.05) is 0 Å². The third-order valence-electron chi connectivity index (χ3n) is 4.95. The molecule has 0 unspecified atom stereocenters. The summed E-state index contributed by atoms with van der Waals surface area (Å²) in [6.07, 6.45) is 0. The van der Waals surface area contributed by atoms with Gasteiger partial charge in [0.1, 0.15) is 11.6 Å². The van der Waals surface area contributed by atoms with Gasteiger partial charge < -0.3 is 4.74 Å². The number of hydrogen-bond acceptors (Lipinski definition) is 1. The summed E-state index contributed by atoms with van der Waals surface area (Å²) in [7, 11) is 1.43. The van der Waals surface area contributed by atoms with E-state index in [9.17, 15) is 22.0 Å². The molecular weight excluding hydrogens is 447 g/mol. The van der Waals surface area contributed by atoms with Crippen LogP contribution in [0.25, 0.3) is 10.8 Å².